The average molecular weight is 375 g/mol. The maximum atomic E-state index is 12.1. The Hall–Kier alpha value is -3.44. The van der Waals surface area contributed by atoms with Crippen molar-refractivity contribution in [2.75, 3.05) is 19.0 Å². The topological polar surface area (TPSA) is 64.6 Å². The third-order valence-corrected chi connectivity index (χ3v) is 4.08. The standard InChI is InChI=1S/C23H21NO4/c1-27-15-17-6-5-9-20(14-17)23(26)28-16-22(25)24-21-12-10-19(11-13-21)18-7-3-2-4-8-18/h2-14H,15-16H2,1H3,(H,24,25). The molecule has 3 aromatic carbocycles. The summed E-state index contributed by atoms with van der Waals surface area (Å²) < 4.78 is 10.1. The molecule has 0 fully saturated rings. The van der Waals surface area contributed by atoms with Gasteiger partial charge in [0.25, 0.3) is 5.91 Å². The number of benzene rings is 3. The number of amides is 1. The fourth-order valence-corrected chi connectivity index (χ4v) is 2.74. The van der Waals surface area contributed by atoms with E-state index in [1.165, 1.54) is 0 Å². The number of hydrogen-bond donors (Lipinski definition) is 1. The zero-order chi connectivity index (χ0) is 19.8. The first-order valence-corrected chi connectivity index (χ1v) is 8.86. The van der Waals surface area contributed by atoms with Gasteiger partial charge in [0.1, 0.15) is 0 Å². The molecule has 1 N–H and O–H groups in total. The zero-order valence-corrected chi connectivity index (χ0v) is 15.6. The van der Waals surface area contributed by atoms with Gasteiger partial charge in [-0.2, -0.15) is 0 Å². The molecule has 0 heterocycles. The van der Waals surface area contributed by atoms with Crippen molar-refractivity contribution < 1.29 is 19.1 Å². The minimum Gasteiger partial charge on any atom is -0.452 e. The van der Waals surface area contributed by atoms with E-state index in [0.29, 0.717) is 17.9 Å². The van der Waals surface area contributed by atoms with Crippen molar-refractivity contribution >= 4 is 17.6 Å². The maximum Gasteiger partial charge on any atom is 0.338 e. The van der Waals surface area contributed by atoms with Crippen LogP contribution >= 0.6 is 0 Å². The van der Waals surface area contributed by atoms with E-state index < -0.39 is 11.9 Å². The summed E-state index contributed by atoms with van der Waals surface area (Å²) in [6.45, 7) is 0.0500. The van der Waals surface area contributed by atoms with Crippen molar-refractivity contribution in [1.82, 2.24) is 0 Å². The Morgan fingerprint density at radius 1 is 0.857 bits per heavy atom. The molecule has 5 heteroatoms. The molecular weight excluding hydrogens is 354 g/mol. The van der Waals surface area contributed by atoms with E-state index in [-0.39, 0.29) is 6.61 Å². The van der Waals surface area contributed by atoms with Crippen molar-refractivity contribution in [3.8, 4) is 11.1 Å². The van der Waals surface area contributed by atoms with E-state index in [1.54, 1.807) is 25.3 Å². The Kier molecular flexibility index (Phi) is 6.54. The van der Waals surface area contributed by atoms with Gasteiger partial charge in [-0.1, -0.05) is 54.6 Å². The van der Waals surface area contributed by atoms with E-state index in [2.05, 4.69) is 5.32 Å². The SMILES string of the molecule is COCc1cccc(C(=O)OCC(=O)Nc2ccc(-c3ccccc3)cc2)c1. The summed E-state index contributed by atoms with van der Waals surface area (Å²) >= 11 is 0. The number of methoxy groups -OCH3 is 1. The Balaban J connectivity index is 1.53. The molecule has 0 aliphatic heterocycles. The first kappa shape index (κ1) is 19.3. The van der Waals surface area contributed by atoms with Gasteiger partial charge in [-0.25, -0.2) is 4.79 Å². The molecule has 0 saturated heterocycles. The molecule has 0 unspecified atom stereocenters. The van der Waals surface area contributed by atoms with Gasteiger partial charge >= 0.3 is 5.97 Å². The molecule has 3 rings (SSSR count). The fourth-order valence-electron chi connectivity index (χ4n) is 2.74. The highest BCUT2D eigenvalue weighted by Gasteiger charge is 2.11. The molecule has 0 aliphatic rings. The number of hydrogen-bond acceptors (Lipinski definition) is 4. The monoisotopic (exact) mass is 375 g/mol. The van der Waals surface area contributed by atoms with Gasteiger partial charge in [-0.3, -0.25) is 4.79 Å². The second kappa shape index (κ2) is 9.48. The maximum absolute atomic E-state index is 12.1. The number of esters is 1. The Bertz CT molecular complexity index is 936. The van der Waals surface area contributed by atoms with Crippen LogP contribution in [0.1, 0.15) is 15.9 Å². The second-order valence-electron chi connectivity index (χ2n) is 6.20. The predicted octanol–water partition coefficient (Wildman–Crippen LogP) is 4.30. The molecule has 0 atom stereocenters. The predicted molar refractivity (Wildman–Crippen MR) is 108 cm³/mol. The molecule has 0 aliphatic carbocycles. The summed E-state index contributed by atoms with van der Waals surface area (Å²) in [6, 6.07) is 24.4. The summed E-state index contributed by atoms with van der Waals surface area (Å²) in [5.41, 5.74) is 4.04. The molecule has 0 aromatic heterocycles. The van der Waals surface area contributed by atoms with Crippen LogP contribution in [0.5, 0.6) is 0 Å². The molecule has 0 bridgehead atoms. The first-order valence-electron chi connectivity index (χ1n) is 8.86. The van der Waals surface area contributed by atoms with Crippen LogP contribution in [0.2, 0.25) is 0 Å². The van der Waals surface area contributed by atoms with Crippen LogP contribution in [0, 0.1) is 0 Å². The Morgan fingerprint density at radius 3 is 2.29 bits per heavy atom. The Labute approximate surface area is 163 Å². The lowest BCUT2D eigenvalue weighted by Crippen LogP contribution is -2.21. The molecule has 1 amide bonds. The van der Waals surface area contributed by atoms with Crippen LogP contribution in [-0.4, -0.2) is 25.6 Å². The van der Waals surface area contributed by atoms with Crippen molar-refractivity contribution in [2.24, 2.45) is 0 Å². The minimum atomic E-state index is -0.549. The number of carbonyl (C=O) groups is 2. The quantitative estimate of drug-likeness (QED) is 0.626. The minimum absolute atomic E-state index is 0.353. The van der Waals surface area contributed by atoms with Gasteiger partial charge < -0.3 is 14.8 Å². The van der Waals surface area contributed by atoms with Gasteiger partial charge in [0, 0.05) is 12.8 Å². The summed E-state index contributed by atoms with van der Waals surface area (Å²) in [5, 5.41) is 2.72. The molecule has 0 spiro atoms. The molecule has 5 nitrogen and oxygen atoms in total. The van der Waals surface area contributed by atoms with Crippen molar-refractivity contribution in [3.05, 3.63) is 90.0 Å². The lowest BCUT2D eigenvalue weighted by atomic mass is 10.1. The van der Waals surface area contributed by atoms with E-state index >= 15 is 0 Å². The van der Waals surface area contributed by atoms with Gasteiger partial charge in [0.2, 0.25) is 0 Å². The third-order valence-electron chi connectivity index (χ3n) is 4.08. The molecule has 142 valence electrons. The van der Waals surface area contributed by atoms with Gasteiger partial charge in [-0.15, -0.1) is 0 Å². The van der Waals surface area contributed by atoms with Crippen molar-refractivity contribution in [1.29, 1.82) is 0 Å². The first-order chi connectivity index (χ1) is 13.7. The zero-order valence-electron chi connectivity index (χ0n) is 15.6. The molecular formula is C23H21NO4. The van der Waals surface area contributed by atoms with Crippen LogP contribution < -0.4 is 5.32 Å². The average Bonchev–Trinajstić information content (AvgIpc) is 2.74. The summed E-state index contributed by atoms with van der Waals surface area (Å²) in [7, 11) is 1.59. The number of anilines is 1. The highest BCUT2D eigenvalue weighted by molar-refractivity contribution is 5.95. The number of nitrogens with one attached hydrogen (secondary N) is 1. The van der Waals surface area contributed by atoms with Crippen molar-refractivity contribution in [2.45, 2.75) is 6.61 Å². The van der Waals surface area contributed by atoms with E-state index in [4.69, 9.17) is 9.47 Å². The Morgan fingerprint density at radius 2 is 1.57 bits per heavy atom. The van der Waals surface area contributed by atoms with Crippen LogP contribution in [-0.2, 0) is 20.9 Å². The van der Waals surface area contributed by atoms with Crippen molar-refractivity contribution in [3.63, 3.8) is 0 Å². The van der Waals surface area contributed by atoms with Gasteiger partial charge in [-0.05, 0) is 41.0 Å². The van der Waals surface area contributed by atoms with Crippen LogP contribution in [0.4, 0.5) is 5.69 Å². The van der Waals surface area contributed by atoms with Crippen LogP contribution in [0.25, 0.3) is 11.1 Å². The lowest BCUT2D eigenvalue weighted by Gasteiger charge is -2.08. The molecule has 3 aromatic rings. The smallest absolute Gasteiger partial charge is 0.338 e. The van der Waals surface area contributed by atoms with Gasteiger partial charge in [0.15, 0.2) is 6.61 Å². The van der Waals surface area contributed by atoms with E-state index in [0.717, 1.165) is 16.7 Å². The highest BCUT2D eigenvalue weighted by Crippen LogP contribution is 2.21. The second-order valence-corrected chi connectivity index (χ2v) is 6.20. The normalized spacial score (nSPS) is 10.3. The van der Waals surface area contributed by atoms with E-state index in [9.17, 15) is 9.59 Å². The molecule has 0 radical (unpaired) electrons. The number of carbonyl (C=O) groups excluding carboxylic acids is 2. The van der Waals surface area contributed by atoms with Crippen LogP contribution in [0.15, 0.2) is 78.9 Å². The summed E-state index contributed by atoms with van der Waals surface area (Å²) in [5.74, 6) is -0.943. The molecule has 0 saturated carbocycles. The number of ether oxygens (including phenoxy) is 2. The highest BCUT2D eigenvalue weighted by atomic mass is 16.5. The summed E-state index contributed by atoms with van der Waals surface area (Å²) in [6.07, 6.45) is 0. The summed E-state index contributed by atoms with van der Waals surface area (Å²) in [4.78, 5) is 24.2. The molecule has 28 heavy (non-hydrogen) atoms. The lowest BCUT2D eigenvalue weighted by molar-refractivity contribution is -0.119. The third kappa shape index (κ3) is 5.28. The van der Waals surface area contributed by atoms with E-state index in [1.807, 2.05) is 60.7 Å². The number of rotatable bonds is 7. The largest absolute Gasteiger partial charge is 0.452 e. The van der Waals surface area contributed by atoms with Gasteiger partial charge in [0.05, 0.1) is 12.2 Å². The fraction of sp³-hybridized carbons (Fsp3) is 0.130. The van der Waals surface area contributed by atoms with Crippen LogP contribution in [0.3, 0.4) is 0 Å².